The van der Waals surface area contributed by atoms with Crippen LogP contribution in [0, 0.1) is 0 Å². The van der Waals surface area contributed by atoms with Gasteiger partial charge in [0.1, 0.15) is 11.8 Å². The predicted octanol–water partition coefficient (Wildman–Crippen LogP) is 0.857. The fourth-order valence-corrected chi connectivity index (χ4v) is 1.65. The fraction of sp³-hybridized carbons (Fsp3) is 0.417. The molecule has 1 aromatic rings. The molecule has 6 heteroatoms. The average Bonchev–Trinajstić information content (AvgIpc) is 2.81. The smallest absolute Gasteiger partial charge is 0.320 e. The zero-order valence-electron chi connectivity index (χ0n) is 10.0. The van der Waals surface area contributed by atoms with Crippen LogP contribution in [0.1, 0.15) is 6.42 Å². The van der Waals surface area contributed by atoms with Crippen molar-refractivity contribution in [3.8, 4) is 17.2 Å². The summed E-state index contributed by atoms with van der Waals surface area (Å²) in [4.78, 5) is 10.8. The quantitative estimate of drug-likeness (QED) is 0.783. The second kappa shape index (κ2) is 5.59. The number of aliphatic carboxylic acids is 1. The molecule has 0 saturated heterocycles. The average molecular weight is 253 g/mol. The van der Waals surface area contributed by atoms with Crippen molar-refractivity contribution in [2.75, 3.05) is 20.4 Å². The van der Waals surface area contributed by atoms with Crippen LogP contribution < -0.4 is 19.5 Å². The summed E-state index contributed by atoms with van der Waals surface area (Å²) >= 11 is 0. The normalized spacial score (nSPS) is 14.3. The van der Waals surface area contributed by atoms with E-state index in [-0.39, 0.29) is 6.79 Å². The minimum absolute atomic E-state index is 0.222. The second-order valence-electron chi connectivity index (χ2n) is 3.83. The monoisotopic (exact) mass is 253 g/mol. The molecule has 0 radical (unpaired) electrons. The van der Waals surface area contributed by atoms with Gasteiger partial charge in [0.05, 0.1) is 6.61 Å². The summed E-state index contributed by atoms with van der Waals surface area (Å²) in [5, 5.41) is 11.5. The highest BCUT2D eigenvalue weighted by Crippen LogP contribution is 2.35. The van der Waals surface area contributed by atoms with E-state index in [0.29, 0.717) is 30.3 Å². The fourth-order valence-electron chi connectivity index (χ4n) is 1.65. The van der Waals surface area contributed by atoms with Crippen LogP contribution in [0.2, 0.25) is 0 Å². The van der Waals surface area contributed by atoms with Crippen molar-refractivity contribution in [1.82, 2.24) is 5.32 Å². The molecule has 0 fully saturated rings. The van der Waals surface area contributed by atoms with Crippen LogP contribution in [0.25, 0.3) is 0 Å². The molecular formula is C12H15NO5. The molecule has 0 spiro atoms. The number of nitrogens with one attached hydrogen (secondary N) is 1. The third-order valence-electron chi connectivity index (χ3n) is 2.67. The van der Waals surface area contributed by atoms with Crippen molar-refractivity contribution in [3.05, 3.63) is 18.2 Å². The lowest BCUT2D eigenvalue weighted by atomic mass is 10.2. The van der Waals surface area contributed by atoms with Crippen LogP contribution in [0.5, 0.6) is 17.2 Å². The molecule has 0 aliphatic carbocycles. The molecule has 1 aliphatic rings. The summed E-state index contributed by atoms with van der Waals surface area (Å²) in [5.74, 6) is 1.10. The van der Waals surface area contributed by atoms with Gasteiger partial charge in [0.2, 0.25) is 6.79 Å². The number of fused-ring (bicyclic) bond motifs is 1. The topological polar surface area (TPSA) is 77.0 Å². The van der Waals surface area contributed by atoms with E-state index in [2.05, 4.69) is 5.32 Å². The van der Waals surface area contributed by atoms with Gasteiger partial charge >= 0.3 is 5.97 Å². The van der Waals surface area contributed by atoms with E-state index < -0.39 is 12.0 Å². The van der Waals surface area contributed by atoms with E-state index in [9.17, 15) is 4.79 Å². The Hall–Kier alpha value is -1.95. The standard InChI is InChI=1S/C12H15NO5/c1-13-9(12(14)15)4-5-16-8-2-3-10-11(6-8)18-7-17-10/h2-3,6,9,13H,4-5,7H2,1H3,(H,14,15). The van der Waals surface area contributed by atoms with Crippen LogP contribution in [-0.2, 0) is 4.79 Å². The summed E-state index contributed by atoms with van der Waals surface area (Å²) in [7, 11) is 1.61. The van der Waals surface area contributed by atoms with Crippen molar-refractivity contribution >= 4 is 5.97 Å². The number of carboxylic acids is 1. The highest BCUT2D eigenvalue weighted by molar-refractivity contribution is 5.73. The van der Waals surface area contributed by atoms with Gasteiger partial charge in [-0.3, -0.25) is 4.79 Å². The maximum atomic E-state index is 10.8. The van der Waals surface area contributed by atoms with Gasteiger partial charge in [-0.05, 0) is 19.2 Å². The van der Waals surface area contributed by atoms with Gasteiger partial charge in [-0.2, -0.15) is 0 Å². The summed E-state index contributed by atoms with van der Waals surface area (Å²) in [6, 6.07) is 4.67. The number of ether oxygens (including phenoxy) is 3. The Bertz CT molecular complexity index is 434. The Morgan fingerprint density at radius 3 is 3.00 bits per heavy atom. The van der Waals surface area contributed by atoms with Crippen LogP contribution >= 0.6 is 0 Å². The van der Waals surface area contributed by atoms with E-state index in [0.717, 1.165) is 0 Å². The van der Waals surface area contributed by atoms with Gasteiger partial charge < -0.3 is 24.6 Å². The summed E-state index contributed by atoms with van der Waals surface area (Å²) in [6.45, 7) is 0.539. The van der Waals surface area contributed by atoms with E-state index >= 15 is 0 Å². The van der Waals surface area contributed by atoms with Gasteiger partial charge in [-0.15, -0.1) is 0 Å². The summed E-state index contributed by atoms with van der Waals surface area (Å²) in [5.41, 5.74) is 0. The number of hydrogen-bond donors (Lipinski definition) is 2. The van der Waals surface area contributed by atoms with Crippen LogP contribution in [0.3, 0.4) is 0 Å². The maximum absolute atomic E-state index is 10.8. The maximum Gasteiger partial charge on any atom is 0.320 e. The van der Waals surface area contributed by atoms with E-state index in [1.807, 2.05) is 0 Å². The molecule has 0 amide bonds. The molecular weight excluding hydrogens is 238 g/mol. The molecule has 2 rings (SSSR count). The van der Waals surface area contributed by atoms with E-state index in [1.54, 1.807) is 25.2 Å². The number of hydrogen-bond acceptors (Lipinski definition) is 5. The molecule has 1 unspecified atom stereocenters. The first kappa shape index (κ1) is 12.5. The van der Waals surface area contributed by atoms with Crippen molar-refractivity contribution in [1.29, 1.82) is 0 Å². The zero-order chi connectivity index (χ0) is 13.0. The molecule has 0 saturated carbocycles. The third-order valence-corrected chi connectivity index (χ3v) is 2.67. The minimum atomic E-state index is -0.883. The van der Waals surface area contributed by atoms with Gasteiger partial charge in [0.25, 0.3) is 0 Å². The molecule has 0 aromatic heterocycles. The number of carbonyl (C=O) groups is 1. The lowest BCUT2D eigenvalue weighted by Crippen LogP contribution is -2.35. The van der Waals surface area contributed by atoms with Gasteiger partial charge in [-0.25, -0.2) is 0 Å². The van der Waals surface area contributed by atoms with Crippen molar-refractivity contribution < 1.29 is 24.1 Å². The molecule has 1 atom stereocenters. The van der Waals surface area contributed by atoms with Crippen LogP contribution in [-0.4, -0.2) is 37.6 Å². The van der Waals surface area contributed by atoms with Crippen molar-refractivity contribution in [2.45, 2.75) is 12.5 Å². The SMILES string of the molecule is CNC(CCOc1ccc2c(c1)OCO2)C(=O)O. The first-order valence-electron chi connectivity index (χ1n) is 5.63. The molecule has 98 valence electrons. The first-order valence-corrected chi connectivity index (χ1v) is 5.63. The highest BCUT2D eigenvalue weighted by Gasteiger charge is 2.16. The zero-order valence-corrected chi connectivity index (χ0v) is 10.0. The largest absolute Gasteiger partial charge is 0.493 e. The van der Waals surface area contributed by atoms with Crippen molar-refractivity contribution in [2.24, 2.45) is 0 Å². The Morgan fingerprint density at radius 1 is 1.50 bits per heavy atom. The summed E-state index contributed by atoms with van der Waals surface area (Å²) in [6.07, 6.45) is 0.389. The summed E-state index contributed by atoms with van der Waals surface area (Å²) < 4.78 is 15.9. The Labute approximate surface area is 104 Å². The number of carboxylic acid groups (broad SMARTS) is 1. The Kier molecular flexibility index (Phi) is 3.88. The van der Waals surface area contributed by atoms with E-state index in [4.69, 9.17) is 19.3 Å². The lowest BCUT2D eigenvalue weighted by Gasteiger charge is -2.12. The molecule has 6 nitrogen and oxygen atoms in total. The highest BCUT2D eigenvalue weighted by atomic mass is 16.7. The number of benzene rings is 1. The molecule has 0 bridgehead atoms. The van der Waals surface area contributed by atoms with Crippen molar-refractivity contribution in [3.63, 3.8) is 0 Å². The van der Waals surface area contributed by atoms with Gasteiger partial charge in [0.15, 0.2) is 11.5 Å². The lowest BCUT2D eigenvalue weighted by molar-refractivity contribution is -0.139. The molecule has 18 heavy (non-hydrogen) atoms. The van der Waals surface area contributed by atoms with E-state index in [1.165, 1.54) is 0 Å². The van der Waals surface area contributed by atoms with Gasteiger partial charge in [-0.1, -0.05) is 0 Å². The van der Waals surface area contributed by atoms with Crippen LogP contribution in [0.4, 0.5) is 0 Å². The third kappa shape index (κ3) is 2.84. The predicted molar refractivity (Wildman–Crippen MR) is 63.2 cm³/mol. The Balaban J connectivity index is 1.85. The number of rotatable bonds is 6. The number of likely N-dealkylation sites (N-methyl/N-ethyl adjacent to an activating group) is 1. The van der Waals surface area contributed by atoms with Crippen LogP contribution in [0.15, 0.2) is 18.2 Å². The minimum Gasteiger partial charge on any atom is -0.493 e. The molecule has 1 aliphatic heterocycles. The Morgan fingerprint density at radius 2 is 2.28 bits per heavy atom. The second-order valence-corrected chi connectivity index (χ2v) is 3.83. The first-order chi connectivity index (χ1) is 8.70. The van der Waals surface area contributed by atoms with Gasteiger partial charge in [0, 0.05) is 12.5 Å². The molecule has 1 heterocycles. The molecule has 2 N–H and O–H groups in total. The molecule has 1 aromatic carbocycles.